The van der Waals surface area contributed by atoms with Gasteiger partial charge in [-0.05, 0) is 44.0 Å². The normalized spacial score (nSPS) is 10.1. The number of hydrogen-bond acceptors (Lipinski definition) is 4. The summed E-state index contributed by atoms with van der Waals surface area (Å²) >= 11 is 0. The molecule has 22 heavy (non-hydrogen) atoms. The van der Waals surface area contributed by atoms with Gasteiger partial charge in [0.15, 0.2) is 6.61 Å². The largest absolute Gasteiger partial charge is 0.452 e. The maximum Gasteiger partial charge on any atom is 0.340 e. The molecular weight excluding hydrogens is 280 g/mol. The molecule has 1 amide bonds. The number of benzene rings is 1. The number of pyridine rings is 1. The van der Waals surface area contributed by atoms with E-state index in [1.807, 2.05) is 32.9 Å². The Bertz CT molecular complexity index is 673. The second-order valence-electron chi connectivity index (χ2n) is 5.14. The third kappa shape index (κ3) is 3.91. The third-order valence-electron chi connectivity index (χ3n) is 3.17. The maximum atomic E-state index is 11.9. The number of carbonyl (C=O) groups is 2. The number of carbonyl (C=O) groups excluding carboxylic acids is 2. The highest BCUT2D eigenvalue weighted by Crippen LogP contribution is 2.21. The Kier molecular flexibility index (Phi) is 4.88. The number of esters is 1. The van der Waals surface area contributed by atoms with Crippen LogP contribution in [-0.2, 0) is 9.53 Å². The van der Waals surface area contributed by atoms with Crippen molar-refractivity contribution in [2.75, 3.05) is 11.9 Å². The van der Waals surface area contributed by atoms with Gasteiger partial charge in [0, 0.05) is 18.1 Å². The van der Waals surface area contributed by atoms with Gasteiger partial charge in [-0.15, -0.1) is 0 Å². The summed E-state index contributed by atoms with van der Waals surface area (Å²) in [5.74, 6) is -0.937. The van der Waals surface area contributed by atoms with E-state index in [2.05, 4.69) is 10.3 Å². The molecule has 5 heteroatoms. The summed E-state index contributed by atoms with van der Waals surface area (Å²) in [5, 5.41) is 2.78. The molecule has 0 atom stereocenters. The van der Waals surface area contributed by atoms with Crippen molar-refractivity contribution in [1.29, 1.82) is 0 Å². The van der Waals surface area contributed by atoms with Gasteiger partial charge in [0.25, 0.3) is 5.91 Å². The summed E-state index contributed by atoms with van der Waals surface area (Å²) in [7, 11) is 0. The number of aryl methyl sites for hydroxylation is 3. The minimum atomic E-state index is -0.569. The molecule has 0 radical (unpaired) electrons. The van der Waals surface area contributed by atoms with E-state index in [-0.39, 0.29) is 12.5 Å². The van der Waals surface area contributed by atoms with Crippen molar-refractivity contribution in [3.8, 4) is 0 Å². The molecule has 0 saturated heterocycles. The molecule has 0 aliphatic carbocycles. The van der Waals surface area contributed by atoms with Gasteiger partial charge in [-0.3, -0.25) is 9.78 Å². The standard InChI is InChI=1S/C17H18N2O3/c1-11-7-12(2)16(13(3)8-11)19-15(20)10-22-17(21)14-5-4-6-18-9-14/h4-9H,10H2,1-3H3,(H,19,20). The fourth-order valence-electron chi connectivity index (χ4n) is 2.25. The van der Waals surface area contributed by atoms with Crippen LogP contribution >= 0.6 is 0 Å². The van der Waals surface area contributed by atoms with Gasteiger partial charge < -0.3 is 10.1 Å². The summed E-state index contributed by atoms with van der Waals surface area (Å²) < 4.78 is 4.97. The van der Waals surface area contributed by atoms with Crippen LogP contribution in [0.15, 0.2) is 36.7 Å². The van der Waals surface area contributed by atoms with Gasteiger partial charge in [-0.25, -0.2) is 4.79 Å². The van der Waals surface area contributed by atoms with Gasteiger partial charge in [-0.2, -0.15) is 0 Å². The molecular formula is C17H18N2O3. The molecule has 5 nitrogen and oxygen atoms in total. The molecule has 0 fully saturated rings. The number of amides is 1. The molecule has 114 valence electrons. The lowest BCUT2D eigenvalue weighted by atomic mass is 10.1. The van der Waals surface area contributed by atoms with Crippen molar-refractivity contribution in [3.05, 3.63) is 58.9 Å². The van der Waals surface area contributed by atoms with Crippen molar-refractivity contribution < 1.29 is 14.3 Å². The highest BCUT2D eigenvalue weighted by atomic mass is 16.5. The molecule has 1 aromatic heterocycles. The fourth-order valence-corrected chi connectivity index (χ4v) is 2.25. The maximum absolute atomic E-state index is 11.9. The van der Waals surface area contributed by atoms with E-state index in [0.717, 1.165) is 22.4 Å². The summed E-state index contributed by atoms with van der Waals surface area (Å²) in [5.41, 5.74) is 4.16. The first-order chi connectivity index (χ1) is 10.5. The molecule has 2 rings (SSSR count). The summed E-state index contributed by atoms with van der Waals surface area (Å²) in [4.78, 5) is 27.5. The first-order valence-electron chi connectivity index (χ1n) is 6.92. The van der Waals surface area contributed by atoms with Gasteiger partial charge in [-0.1, -0.05) is 17.7 Å². The molecule has 1 aromatic carbocycles. The third-order valence-corrected chi connectivity index (χ3v) is 3.17. The second kappa shape index (κ2) is 6.85. The van der Waals surface area contributed by atoms with E-state index in [0.29, 0.717) is 5.56 Å². The van der Waals surface area contributed by atoms with Crippen LogP contribution in [0.4, 0.5) is 5.69 Å². The fraction of sp³-hybridized carbons (Fsp3) is 0.235. The van der Waals surface area contributed by atoms with Crippen LogP contribution in [0.1, 0.15) is 27.0 Å². The monoisotopic (exact) mass is 298 g/mol. The molecule has 1 heterocycles. The highest BCUT2D eigenvalue weighted by Gasteiger charge is 2.12. The van der Waals surface area contributed by atoms with Crippen molar-refractivity contribution in [2.45, 2.75) is 20.8 Å². The number of nitrogens with zero attached hydrogens (tertiary/aromatic N) is 1. The molecule has 0 saturated carbocycles. The molecule has 0 bridgehead atoms. The van der Waals surface area contributed by atoms with Gasteiger partial charge in [0.2, 0.25) is 0 Å². The van der Waals surface area contributed by atoms with Gasteiger partial charge in [0.05, 0.1) is 5.56 Å². The van der Waals surface area contributed by atoms with Crippen molar-refractivity contribution >= 4 is 17.6 Å². The Morgan fingerprint density at radius 3 is 2.45 bits per heavy atom. The Hall–Kier alpha value is -2.69. The number of nitrogens with one attached hydrogen (secondary N) is 1. The van der Waals surface area contributed by atoms with Crippen LogP contribution in [0.5, 0.6) is 0 Å². The Balaban J connectivity index is 1.95. The summed E-state index contributed by atoms with van der Waals surface area (Å²) in [6, 6.07) is 7.20. The zero-order chi connectivity index (χ0) is 16.1. The van der Waals surface area contributed by atoms with E-state index in [1.54, 1.807) is 18.3 Å². The average Bonchev–Trinajstić information content (AvgIpc) is 2.49. The van der Waals surface area contributed by atoms with E-state index in [9.17, 15) is 9.59 Å². The minimum absolute atomic E-state index is 0.318. The van der Waals surface area contributed by atoms with E-state index < -0.39 is 5.97 Å². The first kappa shape index (κ1) is 15.7. The average molecular weight is 298 g/mol. The molecule has 0 unspecified atom stereocenters. The SMILES string of the molecule is Cc1cc(C)c(NC(=O)COC(=O)c2cccnc2)c(C)c1. The van der Waals surface area contributed by atoms with Crippen LogP contribution in [0.3, 0.4) is 0 Å². The Labute approximate surface area is 129 Å². The lowest BCUT2D eigenvalue weighted by Crippen LogP contribution is -2.22. The van der Waals surface area contributed by atoms with E-state index in [4.69, 9.17) is 4.74 Å². The molecule has 0 spiro atoms. The highest BCUT2D eigenvalue weighted by molar-refractivity contribution is 5.96. The minimum Gasteiger partial charge on any atom is -0.452 e. The summed E-state index contributed by atoms with van der Waals surface area (Å²) in [6.45, 7) is 5.52. The summed E-state index contributed by atoms with van der Waals surface area (Å²) in [6.07, 6.45) is 2.96. The molecule has 0 aliphatic heterocycles. The second-order valence-corrected chi connectivity index (χ2v) is 5.14. The zero-order valence-corrected chi connectivity index (χ0v) is 12.8. The lowest BCUT2D eigenvalue weighted by molar-refractivity contribution is -0.119. The number of ether oxygens (including phenoxy) is 1. The van der Waals surface area contributed by atoms with Crippen molar-refractivity contribution in [1.82, 2.24) is 4.98 Å². The van der Waals surface area contributed by atoms with E-state index in [1.165, 1.54) is 6.20 Å². The Morgan fingerprint density at radius 1 is 1.18 bits per heavy atom. The van der Waals surface area contributed by atoms with E-state index >= 15 is 0 Å². The Morgan fingerprint density at radius 2 is 1.86 bits per heavy atom. The van der Waals surface area contributed by atoms with Crippen molar-refractivity contribution in [3.63, 3.8) is 0 Å². The lowest BCUT2D eigenvalue weighted by Gasteiger charge is -2.13. The van der Waals surface area contributed by atoms with Crippen molar-refractivity contribution in [2.24, 2.45) is 0 Å². The van der Waals surface area contributed by atoms with Gasteiger partial charge >= 0.3 is 5.97 Å². The molecule has 2 aromatic rings. The number of rotatable bonds is 4. The van der Waals surface area contributed by atoms with Crippen LogP contribution in [0, 0.1) is 20.8 Å². The molecule has 0 aliphatic rings. The molecule has 1 N–H and O–H groups in total. The number of aromatic nitrogens is 1. The topological polar surface area (TPSA) is 68.3 Å². The zero-order valence-electron chi connectivity index (χ0n) is 12.8. The number of anilines is 1. The smallest absolute Gasteiger partial charge is 0.340 e. The predicted octanol–water partition coefficient (Wildman–Crippen LogP) is 2.80. The quantitative estimate of drug-likeness (QED) is 0.881. The van der Waals surface area contributed by atoms with Crippen LogP contribution in [-0.4, -0.2) is 23.5 Å². The van der Waals surface area contributed by atoms with Crippen LogP contribution < -0.4 is 5.32 Å². The first-order valence-corrected chi connectivity index (χ1v) is 6.92. The van der Waals surface area contributed by atoms with Crippen LogP contribution in [0.25, 0.3) is 0 Å². The number of hydrogen-bond donors (Lipinski definition) is 1. The van der Waals surface area contributed by atoms with Crippen LogP contribution in [0.2, 0.25) is 0 Å². The van der Waals surface area contributed by atoms with Gasteiger partial charge in [0.1, 0.15) is 0 Å². The predicted molar refractivity (Wildman–Crippen MR) is 83.8 cm³/mol.